The number of nitrogens with one attached hydrogen (secondary N) is 1. The Morgan fingerprint density at radius 2 is 2.61 bits per heavy atom. The fraction of sp³-hybridized carbons (Fsp3) is 0.583. The van der Waals surface area contributed by atoms with Crippen molar-refractivity contribution in [1.29, 1.82) is 0 Å². The molecule has 5 nitrogen and oxygen atoms in total. The molecule has 0 aliphatic carbocycles. The highest BCUT2D eigenvalue weighted by Gasteiger charge is 2.38. The van der Waals surface area contributed by atoms with E-state index in [1.165, 1.54) is 0 Å². The highest BCUT2D eigenvalue weighted by molar-refractivity contribution is 7.15. The van der Waals surface area contributed by atoms with Gasteiger partial charge >= 0.3 is 0 Å². The van der Waals surface area contributed by atoms with Crippen molar-refractivity contribution < 1.29 is 4.74 Å². The lowest BCUT2D eigenvalue weighted by molar-refractivity contribution is -0.0117. The molecule has 1 aliphatic rings. The Hall–Kier alpha value is -0.950. The van der Waals surface area contributed by atoms with Crippen molar-refractivity contribution in [3.63, 3.8) is 0 Å². The van der Waals surface area contributed by atoms with Gasteiger partial charge in [-0.05, 0) is 19.8 Å². The number of hydrazine groups is 1. The normalized spacial score (nSPS) is 25.9. The van der Waals surface area contributed by atoms with Crippen LogP contribution in [0, 0.1) is 0 Å². The number of ether oxygens (including phenoxy) is 1. The van der Waals surface area contributed by atoms with Crippen LogP contribution in [0.25, 0.3) is 4.96 Å². The summed E-state index contributed by atoms with van der Waals surface area (Å²) in [6.07, 6.45) is 7.03. The number of aromatic nitrogens is 2. The van der Waals surface area contributed by atoms with E-state index < -0.39 is 0 Å². The number of fused-ring (bicyclic) bond motifs is 1. The zero-order valence-electron chi connectivity index (χ0n) is 10.4. The minimum Gasteiger partial charge on any atom is -0.374 e. The molecule has 0 saturated carbocycles. The molecule has 2 unspecified atom stereocenters. The number of nitrogens with zero attached hydrogens (tertiary/aromatic N) is 2. The molecule has 0 spiro atoms. The Bertz CT molecular complexity index is 500. The van der Waals surface area contributed by atoms with Gasteiger partial charge in [-0.3, -0.25) is 15.7 Å². The van der Waals surface area contributed by atoms with Crippen LogP contribution in [0.3, 0.4) is 0 Å². The summed E-state index contributed by atoms with van der Waals surface area (Å²) in [6, 6.07) is 0.101. The van der Waals surface area contributed by atoms with Crippen LogP contribution < -0.4 is 11.3 Å². The predicted molar refractivity (Wildman–Crippen MR) is 71.5 cm³/mol. The molecule has 98 valence electrons. The summed E-state index contributed by atoms with van der Waals surface area (Å²) < 4.78 is 7.89. The highest BCUT2D eigenvalue weighted by atomic mass is 32.1. The number of thiazole rings is 1. The largest absolute Gasteiger partial charge is 0.374 e. The van der Waals surface area contributed by atoms with Gasteiger partial charge in [-0.1, -0.05) is 0 Å². The summed E-state index contributed by atoms with van der Waals surface area (Å²) in [4.78, 5) is 5.62. The van der Waals surface area contributed by atoms with Crippen molar-refractivity contribution in [2.45, 2.75) is 37.8 Å². The van der Waals surface area contributed by atoms with Crippen LogP contribution in [0.1, 0.15) is 25.5 Å². The van der Waals surface area contributed by atoms with Crippen molar-refractivity contribution in [3.8, 4) is 0 Å². The van der Waals surface area contributed by atoms with Gasteiger partial charge in [0.2, 0.25) is 0 Å². The Labute approximate surface area is 110 Å². The van der Waals surface area contributed by atoms with Crippen LogP contribution in [-0.4, -0.2) is 27.6 Å². The zero-order chi connectivity index (χ0) is 12.6. The van der Waals surface area contributed by atoms with E-state index in [1.807, 2.05) is 16.0 Å². The summed E-state index contributed by atoms with van der Waals surface area (Å²) >= 11 is 1.64. The standard InChI is InChI=1S/C12H18N4OS/c1-12(3-2-5-17-12)10(15-13)7-9-8-16-4-6-18-11(16)14-9/h4,6,8,10,15H,2-3,5,7,13H2,1H3. The third-order valence-corrected chi connectivity index (χ3v) is 4.51. The Balaban J connectivity index is 1.79. The van der Waals surface area contributed by atoms with Crippen LogP contribution in [0.5, 0.6) is 0 Å². The first-order valence-corrected chi connectivity index (χ1v) is 7.10. The second kappa shape index (κ2) is 4.62. The minimum atomic E-state index is -0.175. The Kier molecular flexibility index (Phi) is 3.11. The quantitative estimate of drug-likeness (QED) is 0.647. The lowest BCUT2D eigenvalue weighted by atomic mass is 9.90. The van der Waals surface area contributed by atoms with E-state index in [-0.39, 0.29) is 11.6 Å². The third-order valence-electron chi connectivity index (χ3n) is 3.74. The molecule has 18 heavy (non-hydrogen) atoms. The van der Waals surface area contributed by atoms with Crippen molar-refractivity contribution >= 4 is 16.3 Å². The van der Waals surface area contributed by atoms with E-state index >= 15 is 0 Å². The van der Waals surface area contributed by atoms with E-state index in [4.69, 9.17) is 10.6 Å². The predicted octanol–water partition coefficient (Wildman–Crippen LogP) is 1.34. The fourth-order valence-electron chi connectivity index (χ4n) is 2.61. The van der Waals surface area contributed by atoms with Crippen molar-refractivity contribution in [3.05, 3.63) is 23.5 Å². The molecule has 0 amide bonds. The second-order valence-electron chi connectivity index (χ2n) is 5.01. The SMILES string of the molecule is CC1(C(Cc2cn3ccsc3n2)NN)CCCO1. The van der Waals surface area contributed by atoms with Crippen LogP contribution >= 0.6 is 11.3 Å². The Morgan fingerprint density at radius 3 is 3.28 bits per heavy atom. The minimum absolute atomic E-state index is 0.101. The molecule has 2 aromatic heterocycles. The number of hydrogen-bond donors (Lipinski definition) is 2. The van der Waals surface area contributed by atoms with Gasteiger partial charge in [0.15, 0.2) is 4.96 Å². The highest BCUT2D eigenvalue weighted by Crippen LogP contribution is 2.30. The van der Waals surface area contributed by atoms with Crippen LogP contribution in [0.4, 0.5) is 0 Å². The molecule has 2 atom stereocenters. The van der Waals surface area contributed by atoms with Gasteiger partial charge < -0.3 is 4.74 Å². The van der Waals surface area contributed by atoms with Gasteiger partial charge in [0.1, 0.15) is 0 Å². The van der Waals surface area contributed by atoms with Gasteiger partial charge in [0.25, 0.3) is 0 Å². The van der Waals surface area contributed by atoms with E-state index in [0.29, 0.717) is 0 Å². The van der Waals surface area contributed by atoms with Crippen LogP contribution in [0.15, 0.2) is 17.8 Å². The molecule has 1 fully saturated rings. The molecule has 3 N–H and O–H groups in total. The zero-order valence-corrected chi connectivity index (χ0v) is 11.2. The van der Waals surface area contributed by atoms with E-state index in [0.717, 1.165) is 36.5 Å². The topological polar surface area (TPSA) is 64.6 Å². The molecule has 6 heteroatoms. The first kappa shape index (κ1) is 12.1. The molecular weight excluding hydrogens is 248 g/mol. The average Bonchev–Trinajstić information content (AvgIpc) is 3.01. The lowest BCUT2D eigenvalue weighted by Gasteiger charge is -2.32. The number of rotatable bonds is 4. The van der Waals surface area contributed by atoms with Crippen molar-refractivity contribution in [2.24, 2.45) is 5.84 Å². The molecule has 1 saturated heterocycles. The maximum absolute atomic E-state index is 5.85. The van der Waals surface area contributed by atoms with Gasteiger partial charge in [-0.15, -0.1) is 11.3 Å². The van der Waals surface area contributed by atoms with E-state index in [2.05, 4.69) is 23.5 Å². The lowest BCUT2D eigenvalue weighted by Crippen LogP contribution is -2.52. The van der Waals surface area contributed by atoms with E-state index in [9.17, 15) is 0 Å². The second-order valence-corrected chi connectivity index (χ2v) is 5.89. The third kappa shape index (κ3) is 2.05. The molecule has 3 heterocycles. The first-order valence-electron chi connectivity index (χ1n) is 6.22. The smallest absolute Gasteiger partial charge is 0.193 e. The van der Waals surface area contributed by atoms with Gasteiger partial charge in [0.05, 0.1) is 17.3 Å². The van der Waals surface area contributed by atoms with Crippen LogP contribution in [-0.2, 0) is 11.2 Å². The summed E-state index contributed by atoms with van der Waals surface area (Å²) in [5.41, 5.74) is 3.78. The number of hydrogen-bond acceptors (Lipinski definition) is 5. The van der Waals surface area contributed by atoms with E-state index in [1.54, 1.807) is 11.3 Å². The van der Waals surface area contributed by atoms with Crippen molar-refractivity contribution in [2.75, 3.05) is 6.61 Å². The summed E-state index contributed by atoms with van der Waals surface area (Å²) in [5, 5.41) is 2.03. The first-order chi connectivity index (χ1) is 8.71. The maximum atomic E-state index is 5.85. The van der Waals surface area contributed by atoms with Gasteiger partial charge in [-0.2, -0.15) is 0 Å². The summed E-state index contributed by atoms with van der Waals surface area (Å²) in [5.74, 6) is 5.69. The Morgan fingerprint density at radius 1 is 1.72 bits per heavy atom. The van der Waals surface area contributed by atoms with Crippen molar-refractivity contribution in [1.82, 2.24) is 14.8 Å². The molecular formula is C12H18N4OS. The molecule has 2 aromatic rings. The van der Waals surface area contributed by atoms with Gasteiger partial charge in [-0.25, -0.2) is 4.98 Å². The number of imidazole rings is 1. The fourth-order valence-corrected chi connectivity index (χ4v) is 3.33. The van der Waals surface area contributed by atoms with Gasteiger partial charge in [0, 0.05) is 30.8 Å². The summed E-state index contributed by atoms with van der Waals surface area (Å²) in [6.45, 7) is 2.95. The molecule has 0 aromatic carbocycles. The molecule has 3 rings (SSSR count). The monoisotopic (exact) mass is 266 g/mol. The maximum Gasteiger partial charge on any atom is 0.193 e. The molecule has 0 bridgehead atoms. The molecule has 0 radical (unpaired) electrons. The summed E-state index contributed by atoms with van der Waals surface area (Å²) in [7, 11) is 0. The molecule has 1 aliphatic heterocycles. The number of nitrogens with two attached hydrogens (primary N) is 1. The average molecular weight is 266 g/mol. The van der Waals surface area contributed by atoms with Crippen LogP contribution in [0.2, 0.25) is 0 Å².